The maximum absolute atomic E-state index is 4.97. The minimum Gasteiger partial charge on any atom is -0.416 e. The molecule has 0 radical (unpaired) electrons. The van der Waals surface area contributed by atoms with Crippen LogP contribution in [0.5, 0.6) is 0 Å². The minimum absolute atomic E-state index is 0.620. The van der Waals surface area contributed by atoms with Crippen LogP contribution < -0.4 is 0 Å². The van der Waals surface area contributed by atoms with Crippen molar-refractivity contribution in [1.82, 2.24) is 80.6 Å². The lowest BCUT2D eigenvalue weighted by Gasteiger charge is -1.93. The van der Waals surface area contributed by atoms with Crippen LogP contribution in [0.15, 0.2) is 68.5 Å². The van der Waals surface area contributed by atoms with E-state index < -0.39 is 0 Å². The van der Waals surface area contributed by atoms with Crippen LogP contribution in [-0.2, 0) is 27.7 Å². The molecule has 0 fully saturated rings. The van der Waals surface area contributed by atoms with Gasteiger partial charge in [0.25, 0.3) is 5.22 Å². The van der Waals surface area contributed by atoms with Gasteiger partial charge in [0, 0.05) is 34.6 Å². The molecule has 0 amide bonds. The number of fused-ring (bicyclic) bond motifs is 2. The number of para-hydroxylation sites is 1. The molecule has 0 atom stereocenters. The molecule has 17 nitrogen and oxygen atoms in total. The van der Waals surface area contributed by atoms with Crippen LogP contribution in [0.25, 0.3) is 22.1 Å². The number of hydrogen-bond acceptors (Lipinski definition) is 16. The summed E-state index contributed by atoms with van der Waals surface area (Å²) in [6.45, 7) is 12.6. The van der Waals surface area contributed by atoms with Crippen LogP contribution in [-0.4, -0.2) is 99.4 Å². The Kier molecular flexibility index (Phi) is 21.4. The van der Waals surface area contributed by atoms with Crippen molar-refractivity contribution in [3.63, 3.8) is 0 Å². The summed E-state index contributed by atoms with van der Waals surface area (Å²) in [4.78, 5) is 1.57. The van der Waals surface area contributed by atoms with Crippen molar-refractivity contribution < 1.29 is 4.42 Å². The number of rotatable bonds is 4. The van der Waals surface area contributed by atoms with Crippen LogP contribution in [0.4, 0.5) is 0 Å². The molecule has 5 aromatic heterocycles. The normalized spacial score (nSPS) is 9.55. The van der Waals surface area contributed by atoms with Gasteiger partial charge in [0.2, 0.25) is 16.2 Å². The van der Waals surface area contributed by atoms with Crippen LogP contribution in [0.3, 0.4) is 0 Å². The number of aromatic nitrogens is 16. The monoisotopic (exact) mass is 730 g/mol. The minimum atomic E-state index is 0.620. The van der Waals surface area contributed by atoms with E-state index in [4.69, 9.17) is 4.42 Å². The fourth-order valence-corrected chi connectivity index (χ4v) is 4.49. The van der Waals surface area contributed by atoms with Gasteiger partial charge in [0.1, 0.15) is 16.6 Å². The van der Waals surface area contributed by atoms with Gasteiger partial charge in [-0.3, -0.25) is 0 Å². The number of aryl methyl sites for hydroxylation is 5. The van der Waals surface area contributed by atoms with Crippen LogP contribution in [0.1, 0.15) is 40.5 Å². The van der Waals surface area contributed by atoms with Crippen molar-refractivity contribution in [3.8, 4) is 0 Å². The summed E-state index contributed by atoms with van der Waals surface area (Å²) in [6, 6.07) is 15.7. The second kappa shape index (κ2) is 24.7. The molecule has 7 rings (SSSR count). The lowest BCUT2D eigenvalue weighted by atomic mass is 10.3. The van der Waals surface area contributed by atoms with E-state index in [1.165, 1.54) is 23.5 Å². The molecule has 0 saturated carbocycles. The van der Waals surface area contributed by atoms with Gasteiger partial charge >= 0.3 is 0 Å². The Labute approximate surface area is 299 Å². The zero-order chi connectivity index (χ0) is 36.6. The van der Waals surface area contributed by atoms with Crippen molar-refractivity contribution in [2.75, 3.05) is 18.8 Å². The number of benzene rings is 2. The van der Waals surface area contributed by atoms with Crippen molar-refractivity contribution in [2.45, 2.75) is 63.6 Å². The first-order valence-electron chi connectivity index (χ1n) is 15.2. The lowest BCUT2D eigenvalue weighted by Crippen LogP contribution is -1.97. The summed E-state index contributed by atoms with van der Waals surface area (Å²) in [7, 11) is 5.52. The number of nitrogens with zero attached hydrogens (tertiary/aromatic N) is 16. The van der Waals surface area contributed by atoms with Gasteiger partial charge in [-0.05, 0) is 70.8 Å². The van der Waals surface area contributed by atoms with Gasteiger partial charge in [-0.2, -0.15) is 15.0 Å². The van der Waals surface area contributed by atoms with E-state index in [9.17, 15) is 0 Å². The molecular formula is C29H46N16OS3. The smallest absolute Gasteiger partial charge is 0.276 e. The molecule has 49 heavy (non-hydrogen) atoms. The predicted octanol–water partition coefficient (Wildman–Crippen LogP) is 5.44. The van der Waals surface area contributed by atoms with E-state index in [0.717, 1.165) is 38.9 Å². The fourth-order valence-electron chi connectivity index (χ4n) is 3.25. The van der Waals surface area contributed by atoms with Gasteiger partial charge < -0.3 is 4.42 Å². The zero-order valence-corrected chi connectivity index (χ0v) is 32.6. The van der Waals surface area contributed by atoms with E-state index in [-0.39, 0.29) is 0 Å². The van der Waals surface area contributed by atoms with Gasteiger partial charge in [-0.1, -0.05) is 92.5 Å². The SMILES string of the molecule is CC.CC.CCn1nnnc1SC.CSc1nnc(C)o1.CSc1nnnn1C.Cn1nc2ccccc2n1.Cn1nnc2ccccc21. The van der Waals surface area contributed by atoms with Crippen LogP contribution in [0, 0.1) is 6.92 Å². The third-order valence-corrected chi connectivity index (χ3v) is 7.21. The second-order valence-electron chi connectivity index (χ2n) is 8.44. The highest BCUT2D eigenvalue weighted by atomic mass is 32.2. The summed E-state index contributed by atoms with van der Waals surface area (Å²) in [5.41, 5.74) is 3.92. The summed E-state index contributed by atoms with van der Waals surface area (Å²) < 4.78 is 10.1. The van der Waals surface area contributed by atoms with Crippen molar-refractivity contribution >= 4 is 57.4 Å². The maximum Gasteiger partial charge on any atom is 0.276 e. The molecule has 0 N–H and O–H groups in total. The highest BCUT2D eigenvalue weighted by Crippen LogP contribution is 2.10. The largest absolute Gasteiger partial charge is 0.416 e. The number of tetrazole rings is 2. The molecule has 0 bridgehead atoms. The Morgan fingerprint density at radius 1 is 0.612 bits per heavy atom. The predicted molar refractivity (Wildman–Crippen MR) is 196 cm³/mol. The summed E-state index contributed by atoms with van der Waals surface area (Å²) in [5, 5.41) is 47.5. The van der Waals surface area contributed by atoms with Crippen molar-refractivity contribution in [1.29, 1.82) is 0 Å². The molecule has 0 unspecified atom stereocenters. The first-order chi connectivity index (χ1) is 23.8. The maximum atomic E-state index is 4.97. The first kappa shape index (κ1) is 42.6. The van der Waals surface area contributed by atoms with E-state index in [1.54, 1.807) is 37.5 Å². The third kappa shape index (κ3) is 14.7. The third-order valence-electron chi connectivity index (χ3n) is 5.33. The summed E-state index contributed by atoms with van der Waals surface area (Å²) in [6.07, 6.45) is 5.79. The van der Waals surface area contributed by atoms with E-state index >= 15 is 0 Å². The van der Waals surface area contributed by atoms with Gasteiger partial charge in [-0.15, -0.1) is 25.5 Å². The van der Waals surface area contributed by atoms with E-state index in [1.807, 2.05) is 123 Å². The topological polar surface area (TPSA) is 188 Å². The lowest BCUT2D eigenvalue weighted by molar-refractivity contribution is 0.430. The van der Waals surface area contributed by atoms with Crippen molar-refractivity contribution in [2.24, 2.45) is 21.1 Å². The Bertz CT molecular complexity index is 1790. The first-order valence-corrected chi connectivity index (χ1v) is 18.9. The summed E-state index contributed by atoms with van der Waals surface area (Å²) >= 11 is 4.53. The average molecular weight is 731 g/mol. The molecule has 5 heterocycles. The molecule has 0 aliphatic carbocycles. The van der Waals surface area contributed by atoms with E-state index in [2.05, 4.69) is 61.8 Å². The fraction of sp³-hybridized carbons (Fsp3) is 0.448. The molecule has 7 aromatic rings. The number of thioether (sulfide) groups is 3. The molecular weight excluding hydrogens is 685 g/mol. The Morgan fingerprint density at radius 3 is 1.57 bits per heavy atom. The second-order valence-corrected chi connectivity index (χ2v) is 10.7. The Balaban J connectivity index is 0.000000299. The van der Waals surface area contributed by atoms with E-state index in [0.29, 0.717) is 11.1 Å². The molecule has 2 aromatic carbocycles. The quantitative estimate of drug-likeness (QED) is 0.208. The molecule has 266 valence electrons. The van der Waals surface area contributed by atoms with Gasteiger partial charge in [0.05, 0.1) is 5.52 Å². The van der Waals surface area contributed by atoms with Crippen LogP contribution in [0.2, 0.25) is 0 Å². The summed E-state index contributed by atoms with van der Waals surface area (Å²) in [5.74, 6) is 0.620. The Morgan fingerprint density at radius 2 is 1.16 bits per heavy atom. The molecule has 0 aliphatic rings. The average Bonchev–Trinajstić information content (AvgIpc) is 3.99. The van der Waals surface area contributed by atoms with Crippen molar-refractivity contribution in [3.05, 3.63) is 54.4 Å². The standard InChI is InChI=1S/2C7H7N3.C4H8N4S.C4H6N2OS.C3H6N4S.2C2H6/c1-10-7-5-3-2-4-6(7)8-9-10;1-10-8-6-4-2-3-5-7(6)9-10;1-3-8-4(9-2)5-6-7-8;1-3-5-6-4(7-3)8-2;1-7-3(8-2)4-5-6-7;2*1-2/h2*2-5H,1H3;3H2,1-2H3;2*1-2H3;2*1-2H3. The number of hydrogen-bond donors (Lipinski definition) is 0. The highest BCUT2D eigenvalue weighted by Gasteiger charge is 1.99. The highest BCUT2D eigenvalue weighted by molar-refractivity contribution is 7.98. The zero-order valence-electron chi connectivity index (χ0n) is 30.1. The molecule has 0 spiro atoms. The Hall–Kier alpha value is -4.43. The van der Waals surface area contributed by atoms with Gasteiger partial charge in [-0.25, -0.2) is 14.0 Å². The van der Waals surface area contributed by atoms with Gasteiger partial charge in [0.15, 0.2) is 0 Å². The molecule has 0 aliphatic heterocycles. The molecule has 0 saturated heterocycles. The molecule has 20 heteroatoms. The van der Waals surface area contributed by atoms with Crippen LogP contribution >= 0.6 is 35.3 Å².